The number of methoxy groups -OCH3 is 2. The minimum atomic E-state index is -1.11. The molecule has 0 saturated carbocycles. The first-order valence-corrected chi connectivity index (χ1v) is 7.16. The molecule has 1 aromatic heterocycles. The Labute approximate surface area is 137 Å². The zero-order valence-electron chi connectivity index (χ0n) is 13.1. The Kier molecular flexibility index (Phi) is 4.07. The maximum atomic E-state index is 12.4. The van der Waals surface area contributed by atoms with Crippen LogP contribution in [-0.2, 0) is 9.53 Å². The van der Waals surface area contributed by atoms with E-state index < -0.39 is 24.0 Å². The summed E-state index contributed by atoms with van der Waals surface area (Å²) in [5.74, 6) is -2.11. The van der Waals surface area contributed by atoms with E-state index in [-0.39, 0.29) is 5.56 Å². The number of benzene rings is 1. The van der Waals surface area contributed by atoms with Crippen LogP contribution in [0.5, 0.6) is 11.5 Å². The van der Waals surface area contributed by atoms with Crippen molar-refractivity contribution in [2.45, 2.75) is 12.0 Å². The second kappa shape index (κ2) is 6.19. The number of rotatable bonds is 4. The van der Waals surface area contributed by atoms with Gasteiger partial charge in [0.2, 0.25) is 0 Å². The van der Waals surface area contributed by atoms with E-state index in [1.165, 1.54) is 32.5 Å². The van der Waals surface area contributed by atoms with Crippen LogP contribution < -0.4 is 9.47 Å². The van der Waals surface area contributed by atoms with Gasteiger partial charge in [-0.15, -0.1) is 0 Å². The van der Waals surface area contributed by atoms with E-state index in [9.17, 15) is 14.7 Å². The molecule has 7 nitrogen and oxygen atoms in total. The number of carbonyl (C=O) groups excluding carboxylic acids is 1. The fraction of sp³-hybridized carbons (Fsp3) is 0.235. The highest BCUT2D eigenvalue weighted by Gasteiger charge is 2.42. The number of aromatic nitrogens is 1. The molecule has 1 aliphatic rings. The Balaban J connectivity index is 2.18. The van der Waals surface area contributed by atoms with Crippen LogP contribution in [0.3, 0.4) is 0 Å². The fourth-order valence-electron chi connectivity index (χ4n) is 2.81. The Morgan fingerprint density at radius 2 is 1.96 bits per heavy atom. The third kappa shape index (κ3) is 2.54. The minimum absolute atomic E-state index is 0.153. The number of nitrogens with zero attached hydrogens (tertiary/aromatic N) is 1. The number of pyridine rings is 1. The van der Waals surface area contributed by atoms with Gasteiger partial charge in [0.1, 0.15) is 12.0 Å². The first kappa shape index (κ1) is 15.8. The van der Waals surface area contributed by atoms with Crippen LogP contribution in [0.15, 0.2) is 36.7 Å². The van der Waals surface area contributed by atoms with E-state index in [4.69, 9.17) is 14.2 Å². The monoisotopic (exact) mass is 329 g/mol. The molecule has 0 unspecified atom stereocenters. The van der Waals surface area contributed by atoms with Crippen molar-refractivity contribution in [1.29, 1.82) is 0 Å². The molecule has 0 fully saturated rings. The van der Waals surface area contributed by atoms with E-state index >= 15 is 0 Å². The minimum Gasteiger partial charge on any atom is -0.493 e. The first-order valence-electron chi connectivity index (χ1n) is 7.16. The van der Waals surface area contributed by atoms with Gasteiger partial charge in [-0.1, -0.05) is 6.07 Å². The van der Waals surface area contributed by atoms with Crippen molar-refractivity contribution in [3.63, 3.8) is 0 Å². The van der Waals surface area contributed by atoms with E-state index in [1.807, 2.05) is 0 Å². The maximum Gasteiger partial charge on any atom is 0.339 e. The lowest BCUT2D eigenvalue weighted by atomic mass is 9.84. The molecule has 0 amide bonds. The van der Waals surface area contributed by atoms with Gasteiger partial charge >= 0.3 is 11.9 Å². The van der Waals surface area contributed by atoms with Gasteiger partial charge in [-0.25, -0.2) is 4.79 Å². The molecule has 0 radical (unpaired) electrons. The molecule has 0 aliphatic carbocycles. The van der Waals surface area contributed by atoms with Crippen molar-refractivity contribution >= 4 is 11.9 Å². The molecular weight excluding hydrogens is 314 g/mol. The summed E-state index contributed by atoms with van der Waals surface area (Å²) in [5, 5.41) is 9.71. The summed E-state index contributed by atoms with van der Waals surface area (Å²) in [4.78, 5) is 28.2. The van der Waals surface area contributed by atoms with E-state index in [0.717, 1.165) is 0 Å². The van der Waals surface area contributed by atoms with Crippen molar-refractivity contribution in [1.82, 2.24) is 4.98 Å². The number of hydrogen-bond donors (Lipinski definition) is 1. The largest absolute Gasteiger partial charge is 0.493 e. The van der Waals surface area contributed by atoms with Crippen molar-refractivity contribution in [2.75, 3.05) is 14.2 Å². The summed E-state index contributed by atoms with van der Waals surface area (Å²) in [6, 6.07) is 6.28. The number of carboxylic acid groups (broad SMARTS) is 1. The summed E-state index contributed by atoms with van der Waals surface area (Å²) in [7, 11) is 2.88. The molecule has 2 atom stereocenters. The molecule has 24 heavy (non-hydrogen) atoms. The molecule has 3 rings (SSSR count). The highest BCUT2D eigenvalue weighted by Crippen LogP contribution is 2.44. The lowest BCUT2D eigenvalue weighted by Crippen LogP contribution is -2.31. The zero-order chi connectivity index (χ0) is 17.3. The molecule has 2 aromatic rings. The molecule has 1 aromatic carbocycles. The number of ether oxygens (including phenoxy) is 3. The van der Waals surface area contributed by atoms with Gasteiger partial charge in [0.05, 0.1) is 19.8 Å². The fourth-order valence-corrected chi connectivity index (χ4v) is 2.81. The normalized spacial score (nSPS) is 19.2. The summed E-state index contributed by atoms with van der Waals surface area (Å²) in [6.07, 6.45) is 2.08. The maximum absolute atomic E-state index is 12.4. The van der Waals surface area contributed by atoms with Crippen LogP contribution in [0.2, 0.25) is 0 Å². The average Bonchev–Trinajstić information content (AvgIpc) is 2.60. The molecular formula is C17H15NO6. The summed E-state index contributed by atoms with van der Waals surface area (Å²) < 4.78 is 15.8. The van der Waals surface area contributed by atoms with Crippen LogP contribution in [0, 0.1) is 0 Å². The van der Waals surface area contributed by atoms with Gasteiger partial charge < -0.3 is 19.3 Å². The summed E-state index contributed by atoms with van der Waals surface area (Å²) in [6.45, 7) is 0. The predicted octanol–water partition coefficient (Wildman–Crippen LogP) is 2.18. The number of carboxylic acids is 1. The van der Waals surface area contributed by atoms with Crippen LogP contribution in [0.1, 0.15) is 33.5 Å². The molecule has 1 aliphatic heterocycles. The van der Waals surface area contributed by atoms with Crippen LogP contribution in [-0.4, -0.2) is 36.2 Å². The zero-order valence-corrected chi connectivity index (χ0v) is 13.1. The first-order chi connectivity index (χ1) is 11.6. The summed E-state index contributed by atoms with van der Waals surface area (Å²) in [5.41, 5.74) is 0.990. The molecule has 1 N–H and O–H groups in total. The molecule has 0 spiro atoms. The smallest absolute Gasteiger partial charge is 0.339 e. The topological polar surface area (TPSA) is 95.0 Å². The Morgan fingerprint density at radius 1 is 1.25 bits per heavy atom. The van der Waals surface area contributed by atoms with Crippen molar-refractivity contribution in [2.24, 2.45) is 0 Å². The Morgan fingerprint density at radius 3 is 2.54 bits per heavy atom. The van der Waals surface area contributed by atoms with E-state index in [0.29, 0.717) is 22.6 Å². The quantitative estimate of drug-likeness (QED) is 0.859. The van der Waals surface area contributed by atoms with E-state index in [2.05, 4.69) is 4.98 Å². The number of carbonyl (C=O) groups is 2. The highest BCUT2D eigenvalue weighted by atomic mass is 16.5. The predicted molar refractivity (Wildman–Crippen MR) is 82.3 cm³/mol. The third-order valence-corrected chi connectivity index (χ3v) is 3.93. The van der Waals surface area contributed by atoms with Gasteiger partial charge in [-0.05, 0) is 23.8 Å². The summed E-state index contributed by atoms with van der Waals surface area (Å²) >= 11 is 0. The average molecular weight is 329 g/mol. The Hall–Kier alpha value is -3.09. The van der Waals surface area contributed by atoms with Crippen LogP contribution >= 0.6 is 0 Å². The van der Waals surface area contributed by atoms with Crippen molar-refractivity contribution in [3.05, 3.63) is 53.3 Å². The lowest BCUT2D eigenvalue weighted by Gasteiger charge is -2.31. The van der Waals surface area contributed by atoms with Crippen LogP contribution in [0.25, 0.3) is 0 Å². The second-order valence-corrected chi connectivity index (χ2v) is 5.22. The number of hydrogen-bond acceptors (Lipinski definition) is 6. The van der Waals surface area contributed by atoms with Crippen LogP contribution in [0.4, 0.5) is 0 Å². The highest BCUT2D eigenvalue weighted by molar-refractivity contribution is 5.97. The van der Waals surface area contributed by atoms with Crippen molar-refractivity contribution in [3.8, 4) is 11.5 Å². The van der Waals surface area contributed by atoms with Gasteiger partial charge in [-0.3, -0.25) is 9.78 Å². The van der Waals surface area contributed by atoms with Gasteiger partial charge in [0, 0.05) is 18.0 Å². The molecule has 2 heterocycles. The number of fused-ring (bicyclic) bond motifs is 1. The third-order valence-electron chi connectivity index (χ3n) is 3.93. The number of cyclic esters (lactones) is 1. The van der Waals surface area contributed by atoms with E-state index in [1.54, 1.807) is 18.3 Å². The Bertz CT molecular complexity index is 789. The lowest BCUT2D eigenvalue weighted by molar-refractivity contribution is -0.142. The van der Waals surface area contributed by atoms with Gasteiger partial charge in [0.15, 0.2) is 11.5 Å². The molecule has 0 saturated heterocycles. The molecule has 0 bridgehead atoms. The van der Waals surface area contributed by atoms with Gasteiger partial charge in [-0.2, -0.15) is 0 Å². The number of aliphatic carboxylic acids is 1. The molecule has 7 heteroatoms. The second-order valence-electron chi connectivity index (χ2n) is 5.22. The molecule has 124 valence electrons. The SMILES string of the molecule is COc1cc2c(cc1OC)[C@H](C(=O)O)[C@@H](c1cccnc1)OC2=O. The van der Waals surface area contributed by atoms with Gasteiger partial charge in [0.25, 0.3) is 0 Å². The van der Waals surface area contributed by atoms with Crippen molar-refractivity contribution < 1.29 is 28.9 Å². The number of esters is 1. The standard InChI is InChI=1S/C17H15NO6/c1-22-12-6-10-11(7-13(12)23-2)17(21)24-15(14(10)16(19)20)9-4-3-5-18-8-9/h3-8,14-15H,1-2H3,(H,19,20)/t14-,15+/m0/s1.